The Morgan fingerprint density at radius 2 is 1.87 bits per heavy atom. The van der Waals surface area contributed by atoms with Gasteiger partial charge in [0.1, 0.15) is 5.75 Å². The van der Waals surface area contributed by atoms with Crippen LogP contribution < -0.4 is 16.0 Å². The fraction of sp³-hybridized carbons (Fsp3) is 0.0952. The number of allylic oxidation sites excluding steroid dienone is 1. The van der Waals surface area contributed by atoms with Gasteiger partial charge < -0.3 is 15.7 Å². The van der Waals surface area contributed by atoms with Crippen molar-refractivity contribution in [2.75, 3.05) is 5.32 Å². The van der Waals surface area contributed by atoms with Crippen molar-refractivity contribution in [1.29, 1.82) is 0 Å². The van der Waals surface area contributed by atoms with Gasteiger partial charge in [-0.15, -0.1) is 11.3 Å². The highest BCUT2D eigenvalue weighted by atomic mass is 35.5. The number of urea groups is 1. The number of carbonyl (C=O) groups excluding carboxylic acids is 2. The molecule has 2 heterocycles. The SMILES string of the molecule is CC1=C(C(=O)Nc2nc(-c3ccc(Cl)cc3)cs2)[C@H](c2ccc(O)cc2)NC(=O)N1. The van der Waals surface area contributed by atoms with Crippen LogP contribution in [0.5, 0.6) is 5.75 Å². The average molecular weight is 441 g/mol. The second-order valence-corrected chi connectivity index (χ2v) is 7.96. The van der Waals surface area contributed by atoms with E-state index < -0.39 is 12.1 Å². The standard InChI is InChI=1S/C21H17ClN4O3S/c1-11-17(18(25-20(29)23-11)13-4-8-15(27)9-5-13)19(28)26-21-24-16(10-30-21)12-2-6-14(22)7-3-12/h2-10,18,27H,1H3,(H2,23,25,29)(H,24,26,28)/t18-/m0/s1. The van der Waals surface area contributed by atoms with E-state index in [1.807, 2.05) is 17.5 Å². The van der Waals surface area contributed by atoms with Gasteiger partial charge in [0.15, 0.2) is 5.13 Å². The highest BCUT2D eigenvalue weighted by Gasteiger charge is 2.31. The second kappa shape index (κ2) is 8.17. The number of nitrogens with one attached hydrogen (secondary N) is 3. The van der Waals surface area contributed by atoms with E-state index in [1.165, 1.54) is 23.5 Å². The van der Waals surface area contributed by atoms with Crippen molar-refractivity contribution in [1.82, 2.24) is 15.6 Å². The van der Waals surface area contributed by atoms with Gasteiger partial charge in [0.05, 0.1) is 17.3 Å². The van der Waals surface area contributed by atoms with Crippen LogP contribution in [0.25, 0.3) is 11.3 Å². The van der Waals surface area contributed by atoms with Crippen molar-refractivity contribution in [3.05, 3.63) is 75.8 Å². The minimum Gasteiger partial charge on any atom is -0.508 e. The molecule has 1 aliphatic rings. The first-order chi connectivity index (χ1) is 14.4. The third-order valence-corrected chi connectivity index (χ3v) is 5.61. The van der Waals surface area contributed by atoms with Gasteiger partial charge in [0.25, 0.3) is 5.91 Å². The zero-order valence-corrected chi connectivity index (χ0v) is 17.3. The van der Waals surface area contributed by atoms with Gasteiger partial charge in [-0.25, -0.2) is 9.78 Å². The van der Waals surface area contributed by atoms with Crippen molar-refractivity contribution in [2.45, 2.75) is 13.0 Å². The van der Waals surface area contributed by atoms with Gasteiger partial charge in [-0.1, -0.05) is 35.9 Å². The minimum atomic E-state index is -0.657. The monoisotopic (exact) mass is 440 g/mol. The number of rotatable bonds is 4. The van der Waals surface area contributed by atoms with Crippen LogP contribution >= 0.6 is 22.9 Å². The first-order valence-corrected chi connectivity index (χ1v) is 10.3. The van der Waals surface area contributed by atoms with Crippen LogP contribution in [-0.4, -0.2) is 22.0 Å². The molecule has 0 aliphatic carbocycles. The topological polar surface area (TPSA) is 103 Å². The summed E-state index contributed by atoms with van der Waals surface area (Å²) in [6.07, 6.45) is 0. The minimum absolute atomic E-state index is 0.100. The Morgan fingerprint density at radius 3 is 2.57 bits per heavy atom. The van der Waals surface area contributed by atoms with Crippen LogP contribution in [0.3, 0.4) is 0 Å². The summed E-state index contributed by atoms with van der Waals surface area (Å²) in [5, 5.41) is 20.7. The van der Waals surface area contributed by atoms with Crippen molar-refractivity contribution >= 4 is 40.0 Å². The predicted molar refractivity (Wildman–Crippen MR) is 116 cm³/mol. The third kappa shape index (κ3) is 4.14. The zero-order chi connectivity index (χ0) is 21.3. The molecule has 1 atom stereocenters. The molecule has 0 saturated heterocycles. The van der Waals surface area contributed by atoms with Crippen LogP contribution in [0.1, 0.15) is 18.5 Å². The lowest BCUT2D eigenvalue weighted by Crippen LogP contribution is -2.45. The number of anilines is 1. The molecule has 0 spiro atoms. The average Bonchev–Trinajstić information content (AvgIpc) is 3.16. The van der Waals surface area contributed by atoms with Crippen molar-refractivity contribution in [3.63, 3.8) is 0 Å². The molecule has 3 amide bonds. The molecular weight excluding hydrogens is 424 g/mol. The molecule has 0 fully saturated rings. The molecule has 9 heteroatoms. The largest absolute Gasteiger partial charge is 0.508 e. The van der Waals surface area contributed by atoms with Gasteiger partial charge in [0.2, 0.25) is 0 Å². The molecule has 152 valence electrons. The molecule has 7 nitrogen and oxygen atoms in total. The number of amides is 3. The van der Waals surface area contributed by atoms with Crippen molar-refractivity contribution in [3.8, 4) is 17.0 Å². The van der Waals surface area contributed by atoms with Gasteiger partial charge in [-0.3, -0.25) is 10.1 Å². The number of aromatic hydroxyl groups is 1. The maximum Gasteiger partial charge on any atom is 0.319 e. The van der Waals surface area contributed by atoms with E-state index in [-0.39, 0.29) is 11.7 Å². The Balaban J connectivity index is 1.59. The fourth-order valence-corrected chi connectivity index (χ4v) is 4.00. The van der Waals surface area contributed by atoms with E-state index in [4.69, 9.17) is 11.6 Å². The summed E-state index contributed by atoms with van der Waals surface area (Å²) < 4.78 is 0. The maximum atomic E-state index is 13.1. The molecule has 0 unspecified atom stereocenters. The van der Waals surface area contributed by atoms with Crippen LogP contribution in [-0.2, 0) is 4.79 Å². The lowest BCUT2D eigenvalue weighted by Gasteiger charge is -2.28. The number of carbonyl (C=O) groups is 2. The van der Waals surface area contributed by atoms with Crippen molar-refractivity contribution < 1.29 is 14.7 Å². The Morgan fingerprint density at radius 1 is 1.17 bits per heavy atom. The molecule has 3 aromatic rings. The van der Waals surface area contributed by atoms with Gasteiger partial charge in [0, 0.05) is 21.7 Å². The molecule has 1 aromatic heterocycles. The van der Waals surface area contributed by atoms with E-state index in [9.17, 15) is 14.7 Å². The third-order valence-electron chi connectivity index (χ3n) is 4.60. The lowest BCUT2D eigenvalue weighted by molar-refractivity contribution is -0.113. The number of thiazole rings is 1. The van der Waals surface area contributed by atoms with E-state index in [0.717, 1.165) is 11.3 Å². The highest BCUT2D eigenvalue weighted by Crippen LogP contribution is 2.30. The Hall–Kier alpha value is -3.36. The maximum absolute atomic E-state index is 13.1. The van der Waals surface area contributed by atoms with E-state index >= 15 is 0 Å². The van der Waals surface area contributed by atoms with Crippen LogP contribution in [0, 0.1) is 0 Å². The van der Waals surface area contributed by atoms with Crippen LogP contribution in [0.15, 0.2) is 65.2 Å². The summed E-state index contributed by atoms with van der Waals surface area (Å²) >= 11 is 7.23. The number of phenols is 1. The number of nitrogens with zero attached hydrogens (tertiary/aromatic N) is 1. The zero-order valence-electron chi connectivity index (χ0n) is 15.8. The molecule has 0 saturated carbocycles. The molecule has 1 aliphatic heterocycles. The fourth-order valence-electron chi connectivity index (χ4n) is 3.16. The Labute approximate surface area is 181 Å². The lowest BCUT2D eigenvalue weighted by atomic mass is 9.95. The molecule has 0 radical (unpaired) electrons. The summed E-state index contributed by atoms with van der Waals surface area (Å²) in [6, 6.07) is 12.6. The summed E-state index contributed by atoms with van der Waals surface area (Å²) in [7, 11) is 0. The first kappa shape index (κ1) is 19.9. The number of halogens is 1. The Kier molecular flexibility index (Phi) is 5.43. The molecule has 30 heavy (non-hydrogen) atoms. The number of hydrogen-bond donors (Lipinski definition) is 4. The summed E-state index contributed by atoms with van der Waals surface area (Å²) in [4.78, 5) is 29.5. The number of hydrogen-bond acceptors (Lipinski definition) is 5. The number of phenolic OH excluding ortho intramolecular Hbond substituents is 1. The van der Waals surface area contributed by atoms with Gasteiger partial charge in [-0.05, 0) is 36.8 Å². The normalized spacial score (nSPS) is 16.1. The van der Waals surface area contributed by atoms with Gasteiger partial charge >= 0.3 is 6.03 Å². The van der Waals surface area contributed by atoms with E-state index in [2.05, 4.69) is 20.9 Å². The predicted octanol–water partition coefficient (Wildman–Crippen LogP) is 4.44. The molecule has 0 bridgehead atoms. The van der Waals surface area contributed by atoms with Crippen LogP contribution in [0.4, 0.5) is 9.93 Å². The molecule has 4 rings (SSSR count). The van der Waals surface area contributed by atoms with Crippen molar-refractivity contribution in [2.24, 2.45) is 0 Å². The van der Waals surface area contributed by atoms with Crippen LogP contribution in [0.2, 0.25) is 5.02 Å². The number of benzene rings is 2. The quantitative estimate of drug-likeness (QED) is 0.481. The Bertz CT molecular complexity index is 1140. The summed E-state index contributed by atoms with van der Waals surface area (Å²) in [5.74, 6) is -0.279. The summed E-state index contributed by atoms with van der Waals surface area (Å²) in [6.45, 7) is 1.67. The summed E-state index contributed by atoms with van der Waals surface area (Å²) in [5.41, 5.74) is 3.10. The first-order valence-electron chi connectivity index (χ1n) is 9.01. The highest BCUT2D eigenvalue weighted by molar-refractivity contribution is 7.14. The van der Waals surface area contributed by atoms with E-state index in [0.29, 0.717) is 27.0 Å². The second-order valence-electron chi connectivity index (χ2n) is 6.66. The van der Waals surface area contributed by atoms with Gasteiger partial charge in [-0.2, -0.15) is 0 Å². The van der Waals surface area contributed by atoms with E-state index in [1.54, 1.807) is 31.2 Å². The molecule has 4 N–H and O–H groups in total. The molecular formula is C21H17ClN4O3S. The smallest absolute Gasteiger partial charge is 0.319 e. The molecule has 2 aromatic carbocycles. The number of aromatic nitrogens is 1.